The van der Waals surface area contributed by atoms with Crippen molar-refractivity contribution in [2.24, 2.45) is 5.92 Å². The van der Waals surface area contributed by atoms with Crippen LogP contribution in [0, 0.1) is 5.92 Å². The zero-order chi connectivity index (χ0) is 16.8. The molecule has 0 aliphatic carbocycles. The smallest absolute Gasteiger partial charge is 0.254 e. The summed E-state index contributed by atoms with van der Waals surface area (Å²) in [5.41, 5.74) is -0.406. The predicted octanol–water partition coefficient (Wildman–Crippen LogP) is 1.67. The molecule has 0 aromatic heterocycles. The summed E-state index contributed by atoms with van der Waals surface area (Å²) in [6.45, 7) is 5.78. The molecule has 0 aliphatic rings. The Morgan fingerprint density at radius 2 is 1.91 bits per heavy atom. The molecule has 1 aromatic carbocycles. The largest absolute Gasteiger partial charge is 0.388 e. The zero-order valence-corrected chi connectivity index (χ0v) is 13.8. The topological polar surface area (TPSA) is 69.6 Å². The van der Waals surface area contributed by atoms with E-state index in [2.05, 4.69) is 5.32 Å². The normalized spacial score (nSPS) is 14.8. The number of amides is 2. The average molecular weight is 306 g/mol. The molecule has 2 N–H and O–H groups in total. The summed E-state index contributed by atoms with van der Waals surface area (Å²) in [5.74, 6) is -0.406. The zero-order valence-electron chi connectivity index (χ0n) is 13.8. The van der Waals surface area contributed by atoms with E-state index in [1.165, 1.54) is 4.90 Å². The molecule has 1 aromatic rings. The maximum absolute atomic E-state index is 12.1. The van der Waals surface area contributed by atoms with E-state index in [-0.39, 0.29) is 30.8 Å². The first kappa shape index (κ1) is 18.2. The van der Waals surface area contributed by atoms with Crippen LogP contribution in [0.5, 0.6) is 0 Å². The number of aliphatic hydroxyl groups is 1. The summed E-state index contributed by atoms with van der Waals surface area (Å²) < 4.78 is 0. The summed E-state index contributed by atoms with van der Waals surface area (Å²) in [7, 11) is 1.59. The van der Waals surface area contributed by atoms with Crippen molar-refractivity contribution >= 4 is 11.8 Å². The minimum absolute atomic E-state index is 0.0374. The SMILES string of the molecule is CCC(C)C(C)(O)CNC(=O)CN(C)C(=O)c1ccccc1. The van der Waals surface area contributed by atoms with Crippen LogP contribution in [0.3, 0.4) is 0 Å². The van der Waals surface area contributed by atoms with E-state index in [1.54, 1.807) is 38.2 Å². The van der Waals surface area contributed by atoms with E-state index in [4.69, 9.17) is 0 Å². The van der Waals surface area contributed by atoms with Crippen LogP contribution >= 0.6 is 0 Å². The second-order valence-electron chi connectivity index (χ2n) is 5.97. The lowest BCUT2D eigenvalue weighted by Gasteiger charge is -2.30. The third kappa shape index (κ3) is 5.15. The number of nitrogens with zero attached hydrogens (tertiary/aromatic N) is 1. The van der Waals surface area contributed by atoms with Crippen LogP contribution < -0.4 is 5.32 Å². The van der Waals surface area contributed by atoms with E-state index < -0.39 is 5.60 Å². The molecule has 1 rings (SSSR count). The highest BCUT2D eigenvalue weighted by molar-refractivity contribution is 5.96. The highest BCUT2D eigenvalue weighted by atomic mass is 16.3. The van der Waals surface area contributed by atoms with Gasteiger partial charge in [0.1, 0.15) is 0 Å². The van der Waals surface area contributed by atoms with Crippen LogP contribution in [-0.2, 0) is 4.79 Å². The molecule has 122 valence electrons. The van der Waals surface area contributed by atoms with Gasteiger partial charge in [0.25, 0.3) is 5.91 Å². The van der Waals surface area contributed by atoms with Gasteiger partial charge in [-0.3, -0.25) is 9.59 Å². The molecule has 2 atom stereocenters. The van der Waals surface area contributed by atoms with Gasteiger partial charge in [0.05, 0.1) is 12.1 Å². The van der Waals surface area contributed by atoms with E-state index in [1.807, 2.05) is 19.9 Å². The Morgan fingerprint density at radius 1 is 1.32 bits per heavy atom. The van der Waals surface area contributed by atoms with E-state index >= 15 is 0 Å². The van der Waals surface area contributed by atoms with E-state index in [0.717, 1.165) is 6.42 Å². The van der Waals surface area contributed by atoms with Gasteiger partial charge >= 0.3 is 0 Å². The minimum Gasteiger partial charge on any atom is -0.388 e. The molecule has 0 aliphatic heterocycles. The molecule has 0 saturated heterocycles. The maximum Gasteiger partial charge on any atom is 0.254 e. The Labute approximate surface area is 132 Å². The van der Waals surface area contributed by atoms with Crippen molar-refractivity contribution in [3.63, 3.8) is 0 Å². The fourth-order valence-electron chi connectivity index (χ4n) is 2.04. The fraction of sp³-hybridized carbons (Fsp3) is 0.529. The maximum atomic E-state index is 12.1. The lowest BCUT2D eigenvalue weighted by Crippen LogP contribution is -2.47. The van der Waals surface area contributed by atoms with Crippen molar-refractivity contribution < 1.29 is 14.7 Å². The van der Waals surface area contributed by atoms with Gasteiger partial charge in [0, 0.05) is 19.2 Å². The standard InChI is InChI=1S/C17H26N2O3/c1-5-13(2)17(3,22)12-18-15(20)11-19(4)16(21)14-9-7-6-8-10-14/h6-10,13,22H,5,11-12H2,1-4H3,(H,18,20). The molecule has 0 spiro atoms. The van der Waals surface area contributed by atoms with Crippen LogP contribution in [0.1, 0.15) is 37.6 Å². The third-order valence-electron chi connectivity index (χ3n) is 4.07. The molecule has 2 unspecified atom stereocenters. The first-order chi connectivity index (χ1) is 10.3. The number of carbonyl (C=O) groups is 2. The van der Waals surface area contributed by atoms with Gasteiger partial charge in [-0.15, -0.1) is 0 Å². The number of hydrogen-bond donors (Lipinski definition) is 2. The highest BCUT2D eigenvalue weighted by Gasteiger charge is 2.27. The minimum atomic E-state index is -0.952. The number of hydrogen-bond acceptors (Lipinski definition) is 3. The van der Waals surface area contributed by atoms with Gasteiger partial charge in [-0.2, -0.15) is 0 Å². The Bertz CT molecular complexity index is 500. The van der Waals surface area contributed by atoms with Crippen LogP contribution in [0.15, 0.2) is 30.3 Å². The summed E-state index contributed by atoms with van der Waals surface area (Å²) in [6, 6.07) is 8.82. The summed E-state index contributed by atoms with van der Waals surface area (Å²) >= 11 is 0. The molecule has 0 saturated carbocycles. The Hall–Kier alpha value is -1.88. The molecule has 5 nitrogen and oxygen atoms in total. The lowest BCUT2D eigenvalue weighted by atomic mass is 9.89. The van der Waals surface area contributed by atoms with E-state index in [9.17, 15) is 14.7 Å². The molecule has 5 heteroatoms. The number of carbonyl (C=O) groups excluding carboxylic acids is 2. The molecule has 0 fully saturated rings. The number of rotatable bonds is 7. The van der Waals surface area contributed by atoms with Gasteiger partial charge in [0.2, 0.25) is 5.91 Å². The molecule has 22 heavy (non-hydrogen) atoms. The van der Waals surface area contributed by atoms with Gasteiger partial charge in [-0.1, -0.05) is 38.5 Å². The second-order valence-corrected chi connectivity index (χ2v) is 5.97. The van der Waals surface area contributed by atoms with Crippen molar-refractivity contribution in [2.75, 3.05) is 20.1 Å². The van der Waals surface area contributed by atoms with Crippen molar-refractivity contribution in [3.05, 3.63) is 35.9 Å². The van der Waals surface area contributed by atoms with Gasteiger partial charge in [-0.25, -0.2) is 0 Å². The van der Waals surface area contributed by atoms with Crippen molar-refractivity contribution in [2.45, 2.75) is 32.8 Å². The van der Waals surface area contributed by atoms with Crippen LogP contribution in [0.4, 0.5) is 0 Å². The molecule has 0 radical (unpaired) electrons. The van der Waals surface area contributed by atoms with E-state index in [0.29, 0.717) is 5.56 Å². The van der Waals surface area contributed by atoms with Crippen LogP contribution in [-0.4, -0.2) is 47.6 Å². The van der Waals surface area contributed by atoms with Crippen molar-refractivity contribution in [1.82, 2.24) is 10.2 Å². The predicted molar refractivity (Wildman–Crippen MR) is 86.5 cm³/mol. The Morgan fingerprint density at radius 3 is 2.45 bits per heavy atom. The van der Waals surface area contributed by atoms with Crippen LogP contribution in [0.25, 0.3) is 0 Å². The second kappa shape index (κ2) is 7.94. The first-order valence-corrected chi connectivity index (χ1v) is 7.57. The Balaban J connectivity index is 2.50. The molecule has 2 amide bonds. The molecule has 0 heterocycles. The number of benzene rings is 1. The lowest BCUT2D eigenvalue weighted by molar-refractivity contribution is -0.123. The first-order valence-electron chi connectivity index (χ1n) is 7.57. The monoisotopic (exact) mass is 306 g/mol. The quantitative estimate of drug-likeness (QED) is 0.805. The highest BCUT2D eigenvalue weighted by Crippen LogP contribution is 2.18. The molecular weight excluding hydrogens is 280 g/mol. The van der Waals surface area contributed by atoms with Crippen LogP contribution in [0.2, 0.25) is 0 Å². The fourth-order valence-corrected chi connectivity index (χ4v) is 2.04. The van der Waals surface area contributed by atoms with Gasteiger partial charge in [-0.05, 0) is 25.0 Å². The summed E-state index contributed by atoms with van der Waals surface area (Å²) in [4.78, 5) is 25.4. The average Bonchev–Trinajstić information content (AvgIpc) is 2.52. The Kier molecular flexibility index (Phi) is 6.56. The number of nitrogens with one attached hydrogen (secondary N) is 1. The third-order valence-corrected chi connectivity index (χ3v) is 4.07. The summed E-state index contributed by atoms with van der Waals surface area (Å²) in [5, 5.41) is 13.0. The van der Waals surface area contributed by atoms with Gasteiger partial charge in [0.15, 0.2) is 0 Å². The van der Waals surface area contributed by atoms with Crippen molar-refractivity contribution in [3.8, 4) is 0 Å². The van der Waals surface area contributed by atoms with Crippen molar-refractivity contribution in [1.29, 1.82) is 0 Å². The summed E-state index contributed by atoms with van der Waals surface area (Å²) in [6.07, 6.45) is 0.829. The molecular formula is C17H26N2O3. The van der Waals surface area contributed by atoms with Gasteiger partial charge < -0.3 is 15.3 Å². The molecule has 0 bridgehead atoms. The number of likely N-dealkylation sites (N-methyl/N-ethyl adjacent to an activating group) is 1.